The van der Waals surface area contributed by atoms with Gasteiger partial charge in [-0.3, -0.25) is 0 Å². The van der Waals surface area contributed by atoms with Crippen LogP contribution in [-0.4, -0.2) is 6.54 Å². The molecule has 0 unspecified atom stereocenters. The first-order valence-corrected chi connectivity index (χ1v) is 6.91. The van der Waals surface area contributed by atoms with Gasteiger partial charge in [0.1, 0.15) is 5.75 Å². The summed E-state index contributed by atoms with van der Waals surface area (Å²) in [5.41, 5.74) is 1.61. The topological polar surface area (TPSA) is 21.3 Å². The zero-order valence-electron chi connectivity index (χ0n) is 11.5. The van der Waals surface area contributed by atoms with Crippen molar-refractivity contribution in [2.45, 2.75) is 20.4 Å². The average Bonchev–Trinajstić information content (AvgIpc) is 2.44. The van der Waals surface area contributed by atoms with Gasteiger partial charge >= 0.3 is 0 Å². The molecule has 2 nitrogen and oxygen atoms in total. The first-order valence-electron chi connectivity index (χ1n) is 6.54. The summed E-state index contributed by atoms with van der Waals surface area (Å²) in [6.45, 7) is 5.38. The van der Waals surface area contributed by atoms with Crippen LogP contribution in [0.25, 0.3) is 0 Å². The van der Waals surface area contributed by atoms with E-state index in [1.165, 1.54) is 0 Å². The molecule has 0 saturated heterocycles. The van der Waals surface area contributed by atoms with Crippen LogP contribution in [-0.2, 0) is 6.54 Å². The monoisotopic (exact) mass is 293 g/mol. The van der Waals surface area contributed by atoms with Crippen LogP contribution in [0.5, 0.6) is 11.5 Å². The quantitative estimate of drug-likeness (QED) is 0.863. The molecule has 20 heavy (non-hydrogen) atoms. The zero-order valence-corrected chi connectivity index (χ0v) is 12.3. The van der Waals surface area contributed by atoms with E-state index in [2.05, 4.69) is 5.32 Å². The summed E-state index contributed by atoms with van der Waals surface area (Å²) in [5, 5.41) is 3.69. The van der Waals surface area contributed by atoms with Crippen LogP contribution in [0.3, 0.4) is 0 Å². The van der Waals surface area contributed by atoms with Gasteiger partial charge in [0, 0.05) is 6.54 Å². The van der Waals surface area contributed by atoms with Crippen LogP contribution in [0.4, 0.5) is 4.39 Å². The van der Waals surface area contributed by atoms with E-state index in [9.17, 15) is 4.39 Å². The van der Waals surface area contributed by atoms with Gasteiger partial charge in [-0.2, -0.15) is 0 Å². The molecule has 4 heteroatoms. The largest absolute Gasteiger partial charge is 0.453 e. The molecular formula is C16H17ClFNO. The summed E-state index contributed by atoms with van der Waals surface area (Å²) >= 11 is 6.18. The van der Waals surface area contributed by atoms with Crippen molar-refractivity contribution < 1.29 is 9.13 Å². The molecule has 0 aliphatic carbocycles. The second-order valence-corrected chi connectivity index (χ2v) is 4.94. The molecule has 0 bridgehead atoms. The number of halogens is 2. The van der Waals surface area contributed by atoms with Gasteiger partial charge in [0.2, 0.25) is 0 Å². The first-order chi connectivity index (χ1) is 9.61. The van der Waals surface area contributed by atoms with Gasteiger partial charge in [-0.1, -0.05) is 36.7 Å². The van der Waals surface area contributed by atoms with E-state index in [4.69, 9.17) is 16.3 Å². The van der Waals surface area contributed by atoms with Gasteiger partial charge in [0.15, 0.2) is 11.6 Å². The highest BCUT2D eigenvalue weighted by Gasteiger charge is 2.09. The average molecular weight is 294 g/mol. The number of nitrogens with one attached hydrogen (secondary N) is 1. The summed E-state index contributed by atoms with van der Waals surface area (Å²) in [4.78, 5) is 0. The molecule has 0 atom stereocenters. The molecule has 0 spiro atoms. The van der Waals surface area contributed by atoms with Crippen molar-refractivity contribution in [3.63, 3.8) is 0 Å². The van der Waals surface area contributed by atoms with E-state index in [1.807, 2.05) is 19.1 Å². The van der Waals surface area contributed by atoms with E-state index < -0.39 is 0 Å². The maximum absolute atomic E-state index is 13.9. The molecule has 0 fully saturated rings. The lowest BCUT2D eigenvalue weighted by molar-refractivity contribution is 0.440. The number of aryl methyl sites for hydroxylation is 1. The summed E-state index contributed by atoms with van der Waals surface area (Å²) in [7, 11) is 0. The Labute approximate surface area is 123 Å². The van der Waals surface area contributed by atoms with Gasteiger partial charge in [-0.15, -0.1) is 0 Å². The zero-order chi connectivity index (χ0) is 14.5. The van der Waals surface area contributed by atoms with Gasteiger partial charge in [0.05, 0.1) is 5.02 Å². The maximum atomic E-state index is 13.9. The maximum Gasteiger partial charge on any atom is 0.168 e. The Morgan fingerprint density at radius 1 is 1.20 bits per heavy atom. The summed E-state index contributed by atoms with van der Waals surface area (Å²) in [5.74, 6) is 0.281. The molecule has 1 N–H and O–H groups in total. The second-order valence-electron chi connectivity index (χ2n) is 4.53. The van der Waals surface area contributed by atoms with Crippen molar-refractivity contribution in [2.24, 2.45) is 0 Å². The number of hydrogen-bond acceptors (Lipinski definition) is 2. The predicted octanol–water partition coefficient (Wildman–Crippen LogP) is 4.69. The van der Waals surface area contributed by atoms with Gasteiger partial charge in [-0.25, -0.2) is 4.39 Å². The van der Waals surface area contributed by atoms with E-state index in [-0.39, 0.29) is 11.6 Å². The minimum absolute atomic E-state index is 0.186. The third kappa shape index (κ3) is 3.50. The Kier molecular flexibility index (Phi) is 4.99. The van der Waals surface area contributed by atoms with Crippen LogP contribution in [0, 0.1) is 12.7 Å². The number of benzene rings is 2. The van der Waals surface area contributed by atoms with Crippen molar-refractivity contribution in [1.29, 1.82) is 0 Å². The lowest BCUT2D eigenvalue weighted by Crippen LogP contribution is -2.11. The normalized spacial score (nSPS) is 10.6. The Morgan fingerprint density at radius 3 is 2.70 bits per heavy atom. The van der Waals surface area contributed by atoms with Gasteiger partial charge in [-0.05, 0) is 42.8 Å². The molecule has 0 saturated carbocycles. The summed E-state index contributed by atoms with van der Waals surface area (Å²) in [6, 6.07) is 10.5. The molecule has 2 rings (SSSR count). The minimum atomic E-state index is -0.361. The van der Waals surface area contributed by atoms with E-state index in [0.717, 1.165) is 18.7 Å². The number of ether oxygens (including phenoxy) is 1. The number of rotatable bonds is 5. The van der Waals surface area contributed by atoms with Crippen LogP contribution < -0.4 is 10.1 Å². The third-order valence-electron chi connectivity index (χ3n) is 2.95. The Hall–Kier alpha value is -1.58. The molecule has 106 valence electrons. The van der Waals surface area contributed by atoms with Crippen LogP contribution in [0.15, 0.2) is 36.4 Å². The summed E-state index contributed by atoms with van der Waals surface area (Å²) in [6.07, 6.45) is 0. The SMILES string of the molecule is CCNCc1ccc(Oc2cccc(C)c2F)c(Cl)c1. The van der Waals surface area contributed by atoms with Gasteiger partial charge in [0.25, 0.3) is 0 Å². The highest BCUT2D eigenvalue weighted by Crippen LogP contribution is 2.32. The highest BCUT2D eigenvalue weighted by molar-refractivity contribution is 6.32. The van der Waals surface area contributed by atoms with Crippen molar-refractivity contribution in [3.8, 4) is 11.5 Å². The Morgan fingerprint density at radius 2 is 2.00 bits per heavy atom. The molecule has 2 aromatic carbocycles. The fraction of sp³-hybridized carbons (Fsp3) is 0.250. The number of hydrogen-bond donors (Lipinski definition) is 1. The smallest absolute Gasteiger partial charge is 0.168 e. The molecule has 2 aromatic rings. The molecule has 0 aliphatic heterocycles. The third-order valence-corrected chi connectivity index (χ3v) is 3.25. The van der Waals surface area contributed by atoms with Crippen LogP contribution >= 0.6 is 11.6 Å². The van der Waals surface area contributed by atoms with Crippen molar-refractivity contribution in [3.05, 3.63) is 58.4 Å². The second kappa shape index (κ2) is 6.73. The highest BCUT2D eigenvalue weighted by atomic mass is 35.5. The van der Waals surface area contributed by atoms with E-state index in [1.54, 1.807) is 31.2 Å². The standard InChI is InChI=1S/C16H17ClFNO/c1-3-19-10-12-7-8-14(13(17)9-12)20-15-6-4-5-11(2)16(15)18/h4-9,19H,3,10H2,1-2H3. The molecular weight excluding hydrogens is 277 g/mol. The van der Waals surface area contributed by atoms with Gasteiger partial charge < -0.3 is 10.1 Å². The van der Waals surface area contributed by atoms with E-state index >= 15 is 0 Å². The lowest BCUT2D eigenvalue weighted by atomic mass is 10.2. The van der Waals surface area contributed by atoms with Crippen molar-refractivity contribution in [2.75, 3.05) is 6.54 Å². The summed E-state index contributed by atoms with van der Waals surface area (Å²) < 4.78 is 19.4. The van der Waals surface area contributed by atoms with Crippen LogP contribution in [0.2, 0.25) is 5.02 Å². The fourth-order valence-corrected chi connectivity index (χ4v) is 2.07. The fourth-order valence-electron chi connectivity index (χ4n) is 1.82. The van der Waals surface area contributed by atoms with Crippen molar-refractivity contribution in [1.82, 2.24) is 5.32 Å². The van der Waals surface area contributed by atoms with Crippen molar-refractivity contribution >= 4 is 11.6 Å². The minimum Gasteiger partial charge on any atom is -0.453 e. The van der Waals surface area contributed by atoms with E-state index in [0.29, 0.717) is 16.3 Å². The Balaban J connectivity index is 2.19. The molecule has 0 amide bonds. The molecule has 0 radical (unpaired) electrons. The molecule has 0 heterocycles. The molecule has 0 aliphatic rings. The lowest BCUT2D eigenvalue weighted by Gasteiger charge is -2.11. The molecule has 0 aromatic heterocycles. The van der Waals surface area contributed by atoms with Crippen LogP contribution in [0.1, 0.15) is 18.1 Å². The first kappa shape index (κ1) is 14.8. The Bertz CT molecular complexity index is 601. The predicted molar refractivity (Wildman–Crippen MR) is 80.0 cm³/mol.